The molecular weight excluding hydrogens is 410 g/mol. The standard InChI is InChI=1S/C15H18BrN5O3S/c1-11-4-6-21(9-11)25(23,24)14-8-12(2-3-13(14)16)18-15(22)10-20-7-5-17-19-20/h2-3,5,7-8,11H,4,6,9-10H2,1H3,(H,18,22)/t11-/m0/s1. The number of carbonyl (C=O) groups is 1. The number of carbonyl (C=O) groups excluding carboxylic acids is 1. The van der Waals surface area contributed by atoms with Crippen LogP contribution < -0.4 is 5.32 Å². The summed E-state index contributed by atoms with van der Waals surface area (Å²) < 4.78 is 29.1. The molecule has 134 valence electrons. The molecule has 0 saturated carbocycles. The summed E-state index contributed by atoms with van der Waals surface area (Å²) in [5, 5.41) is 10.0. The van der Waals surface area contributed by atoms with Crippen LogP contribution in [-0.4, -0.2) is 46.7 Å². The second-order valence-electron chi connectivity index (χ2n) is 6.05. The molecule has 1 aromatic carbocycles. The largest absolute Gasteiger partial charge is 0.324 e. The average Bonchev–Trinajstić information content (AvgIpc) is 3.21. The number of amides is 1. The van der Waals surface area contributed by atoms with Gasteiger partial charge in [0.15, 0.2) is 0 Å². The molecular formula is C15H18BrN5O3S. The highest BCUT2D eigenvalue weighted by Crippen LogP contribution is 2.31. The Hall–Kier alpha value is -1.78. The molecule has 0 spiro atoms. The van der Waals surface area contributed by atoms with E-state index in [1.54, 1.807) is 18.3 Å². The Morgan fingerprint density at radius 1 is 1.44 bits per heavy atom. The van der Waals surface area contributed by atoms with Gasteiger partial charge >= 0.3 is 0 Å². The van der Waals surface area contributed by atoms with E-state index in [9.17, 15) is 13.2 Å². The van der Waals surface area contributed by atoms with Gasteiger partial charge in [-0.05, 0) is 46.5 Å². The summed E-state index contributed by atoms with van der Waals surface area (Å²) in [4.78, 5) is 12.2. The molecule has 1 aliphatic rings. The Labute approximate surface area is 154 Å². The zero-order valence-electron chi connectivity index (χ0n) is 13.6. The van der Waals surface area contributed by atoms with E-state index in [1.165, 1.54) is 21.3 Å². The van der Waals surface area contributed by atoms with E-state index in [1.807, 2.05) is 6.92 Å². The third-order valence-electron chi connectivity index (χ3n) is 4.00. The molecule has 2 heterocycles. The zero-order chi connectivity index (χ0) is 18.0. The van der Waals surface area contributed by atoms with Crippen molar-refractivity contribution >= 4 is 37.5 Å². The third kappa shape index (κ3) is 4.07. The molecule has 25 heavy (non-hydrogen) atoms. The third-order valence-corrected chi connectivity index (χ3v) is 6.86. The van der Waals surface area contributed by atoms with Crippen LogP contribution in [0.3, 0.4) is 0 Å². The normalized spacial score (nSPS) is 18.4. The van der Waals surface area contributed by atoms with Gasteiger partial charge in [0.1, 0.15) is 6.54 Å². The fraction of sp³-hybridized carbons (Fsp3) is 0.400. The molecule has 10 heteroatoms. The van der Waals surface area contributed by atoms with Crippen molar-refractivity contribution in [2.45, 2.75) is 24.8 Å². The first-order valence-electron chi connectivity index (χ1n) is 7.80. The first-order chi connectivity index (χ1) is 11.9. The Morgan fingerprint density at radius 2 is 2.24 bits per heavy atom. The molecule has 0 bridgehead atoms. The van der Waals surface area contributed by atoms with Gasteiger partial charge in [-0.25, -0.2) is 13.1 Å². The van der Waals surface area contributed by atoms with E-state index in [0.29, 0.717) is 29.2 Å². The van der Waals surface area contributed by atoms with Crippen LogP contribution in [0.5, 0.6) is 0 Å². The topological polar surface area (TPSA) is 97.2 Å². The Kier molecular flexibility index (Phi) is 5.21. The predicted molar refractivity (Wildman–Crippen MR) is 95.3 cm³/mol. The molecule has 1 aromatic heterocycles. The monoisotopic (exact) mass is 427 g/mol. The number of hydrogen-bond acceptors (Lipinski definition) is 5. The molecule has 1 fully saturated rings. The number of halogens is 1. The smallest absolute Gasteiger partial charge is 0.246 e. The Bertz CT molecular complexity index is 869. The summed E-state index contributed by atoms with van der Waals surface area (Å²) in [6.07, 6.45) is 3.91. The van der Waals surface area contributed by atoms with E-state index in [4.69, 9.17) is 0 Å². The van der Waals surface area contributed by atoms with Crippen molar-refractivity contribution in [1.29, 1.82) is 0 Å². The highest BCUT2D eigenvalue weighted by Gasteiger charge is 2.32. The van der Waals surface area contributed by atoms with Gasteiger partial charge in [-0.15, -0.1) is 5.10 Å². The lowest BCUT2D eigenvalue weighted by molar-refractivity contribution is -0.116. The van der Waals surface area contributed by atoms with E-state index >= 15 is 0 Å². The molecule has 1 saturated heterocycles. The maximum atomic E-state index is 12.9. The van der Waals surface area contributed by atoms with Crippen molar-refractivity contribution in [3.05, 3.63) is 35.1 Å². The van der Waals surface area contributed by atoms with Crippen molar-refractivity contribution in [2.24, 2.45) is 5.92 Å². The molecule has 0 radical (unpaired) electrons. The van der Waals surface area contributed by atoms with Gasteiger partial charge in [-0.2, -0.15) is 4.31 Å². The minimum atomic E-state index is -3.60. The van der Waals surface area contributed by atoms with Crippen LogP contribution in [0.25, 0.3) is 0 Å². The maximum Gasteiger partial charge on any atom is 0.246 e. The van der Waals surface area contributed by atoms with Crippen LogP contribution in [-0.2, 0) is 21.4 Å². The first kappa shape index (κ1) is 18.0. The van der Waals surface area contributed by atoms with Crippen LogP contribution in [0.1, 0.15) is 13.3 Å². The lowest BCUT2D eigenvalue weighted by Gasteiger charge is -2.18. The van der Waals surface area contributed by atoms with Gasteiger partial charge in [0.25, 0.3) is 0 Å². The SMILES string of the molecule is C[C@H]1CCN(S(=O)(=O)c2cc(NC(=O)Cn3ccnn3)ccc2Br)C1. The van der Waals surface area contributed by atoms with E-state index in [-0.39, 0.29) is 17.3 Å². The van der Waals surface area contributed by atoms with Gasteiger partial charge in [-0.1, -0.05) is 12.1 Å². The molecule has 0 aliphatic carbocycles. The molecule has 0 unspecified atom stereocenters. The average molecular weight is 428 g/mol. The Morgan fingerprint density at radius 3 is 2.88 bits per heavy atom. The minimum absolute atomic E-state index is 0.00177. The maximum absolute atomic E-state index is 12.9. The molecule has 3 rings (SSSR count). The van der Waals surface area contributed by atoms with Gasteiger partial charge in [0.2, 0.25) is 15.9 Å². The molecule has 1 aliphatic heterocycles. The second kappa shape index (κ2) is 7.22. The van der Waals surface area contributed by atoms with Crippen molar-refractivity contribution in [2.75, 3.05) is 18.4 Å². The summed E-state index contributed by atoms with van der Waals surface area (Å²) in [5.74, 6) is 0.0325. The summed E-state index contributed by atoms with van der Waals surface area (Å²) >= 11 is 3.30. The summed E-state index contributed by atoms with van der Waals surface area (Å²) in [7, 11) is -3.60. The minimum Gasteiger partial charge on any atom is -0.324 e. The van der Waals surface area contributed by atoms with Gasteiger partial charge in [-0.3, -0.25) is 4.79 Å². The molecule has 1 amide bonds. The van der Waals surface area contributed by atoms with Gasteiger partial charge < -0.3 is 5.32 Å². The van der Waals surface area contributed by atoms with Crippen LogP contribution in [0.15, 0.2) is 40.0 Å². The number of nitrogens with one attached hydrogen (secondary N) is 1. The van der Waals surface area contributed by atoms with Crippen LogP contribution in [0, 0.1) is 5.92 Å². The number of hydrogen-bond donors (Lipinski definition) is 1. The van der Waals surface area contributed by atoms with E-state index in [0.717, 1.165) is 6.42 Å². The quantitative estimate of drug-likeness (QED) is 0.782. The fourth-order valence-electron chi connectivity index (χ4n) is 2.70. The van der Waals surface area contributed by atoms with Crippen molar-refractivity contribution in [1.82, 2.24) is 19.3 Å². The first-order valence-corrected chi connectivity index (χ1v) is 10.0. The number of anilines is 1. The number of benzene rings is 1. The number of nitrogens with zero attached hydrogens (tertiary/aromatic N) is 4. The lowest BCUT2D eigenvalue weighted by Crippen LogP contribution is -2.29. The highest BCUT2D eigenvalue weighted by atomic mass is 79.9. The van der Waals surface area contributed by atoms with Crippen molar-refractivity contribution in [3.8, 4) is 0 Å². The van der Waals surface area contributed by atoms with Gasteiger partial charge in [0, 0.05) is 29.4 Å². The van der Waals surface area contributed by atoms with E-state index in [2.05, 4.69) is 31.6 Å². The van der Waals surface area contributed by atoms with Gasteiger partial charge in [0.05, 0.1) is 11.1 Å². The van der Waals surface area contributed by atoms with Crippen LogP contribution >= 0.6 is 15.9 Å². The van der Waals surface area contributed by atoms with Crippen molar-refractivity contribution < 1.29 is 13.2 Å². The van der Waals surface area contributed by atoms with Crippen LogP contribution in [0.2, 0.25) is 0 Å². The molecule has 2 aromatic rings. The van der Waals surface area contributed by atoms with E-state index < -0.39 is 10.0 Å². The second-order valence-corrected chi connectivity index (χ2v) is 8.81. The fourth-order valence-corrected chi connectivity index (χ4v) is 5.22. The number of aromatic nitrogens is 3. The van der Waals surface area contributed by atoms with Crippen molar-refractivity contribution in [3.63, 3.8) is 0 Å². The van der Waals surface area contributed by atoms with Crippen LogP contribution in [0.4, 0.5) is 5.69 Å². The molecule has 1 atom stereocenters. The highest BCUT2D eigenvalue weighted by molar-refractivity contribution is 9.10. The number of rotatable bonds is 5. The summed E-state index contributed by atoms with van der Waals surface area (Å²) in [6.45, 7) is 3.06. The summed E-state index contributed by atoms with van der Waals surface area (Å²) in [6, 6.07) is 4.74. The summed E-state index contributed by atoms with van der Waals surface area (Å²) in [5.41, 5.74) is 0.416. The molecule has 8 nitrogen and oxygen atoms in total. The lowest BCUT2D eigenvalue weighted by atomic mass is 10.2. The zero-order valence-corrected chi connectivity index (χ0v) is 16.0. The predicted octanol–water partition coefficient (Wildman–Crippen LogP) is 1.71. The Balaban J connectivity index is 1.79. The molecule has 1 N–H and O–H groups in total. The number of sulfonamides is 1.